The molecule has 5 nitrogen and oxygen atoms in total. The van der Waals surface area contributed by atoms with Gasteiger partial charge in [-0.05, 0) is 25.7 Å². The van der Waals surface area contributed by atoms with E-state index in [1.54, 1.807) is 0 Å². The second kappa shape index (κ2) is 6.35. The molecule has 0 bridgehead atoms. The van der Waals surface area contributed by atoms with Crippen LogP contribution in [-0.2, 0) is 24.6 Å². The van der Waals surface area contributed by atoms with Crippen molar-refractivity contribution in [3.63, 3.8) is 0 Å². The minimum Gasteiger partial charge on any atom is -0.453 e. The maximum atomic E-state index is 13.1. The van der Waals surface area contributed by atoms with Crippen LogP contribution in [-0.4, -0.2) is 20.7 Å². The molecule has 23 heavy (non-hydrogen) atoms. The molecule has 0 fully saturated rings. The number of fused-ring (bicyclic) bond motifs is 1. The number of halogens is 2. The fourth-order valence-corrected chi connectivity index (χ4v) is 3.87. The summed E-state index contributed by atoms with van der Waals surface area (Å²) in [7, 11) is 1.38. The summed E-state index contributed by atoms with van der Waals surface area (Å²) in [6, 6.07) is 0. The van der Waals surface area contributed by atoms with Crippen molar-refractivity contribution in [2.75, 3.05) is 0 Å². The summed E-state index contributed by atoms with van der Waals surface area (Å²) in [5, 5.41) is 4.75. The average molecular weight is 341 g/mol. The van der Waals surface area contributed by atoms with Crippen LogP contribution in [0.25, 0.3) is 0 Å². The highest BCUT2D eigenvalue weighted by molar-refractivity contribution is 7.11. The summed E-state index contributed by atoms with van der Waals surface area (Å²) >= 11 is 1.54. The van der Waals surface area contributed by atoms with Gasteiger partial charge in [0.1, 0.15) is 17.4 Å². The molecule has 0 saturated heterocycles. The van der Waals surface area contributed by atoms with E-state index in [0.29, 0.717) is 6.42 Å². The lowest BCUT2D eigenvalue weighted by atomic mass is 10.0. The Morgan fingerprint density at radius 1 is 1.57 bits per heavy atom. The Morgan fingerprint density at radius 3 is 3.04 bits per heavy atom. The lowest BCUT2D eigenvalue weighted by Gasteiger charge is -2.21. The minimum atomic E-state index is -2.78. The zero-order chi connectivity index (χ0) is 16.6. The number of aromatic nitrogens is 3. The molecule has 0 spiro atoms. The first kappa shape index (κ1) is 16.0. The molecule has 3 rings (SSSR count). The average Bonchev–Trinajstić information content (AvgIpc) is 3.10. The molecule has 8 heteroatoms. The number of aryl methyl sites for hydroxylation is 3. The zero-order valence-electron chi connectivity index (χ0n) is 12.9. The smallest absolute Gasteiger partial charge is 0.342 e. The number of carbonyl (C=O) groups is 1. The van der Waals surface area contributed by atoms with E-state index in [9.17, 15) is 13.6 Å². The number of hydrogen-bond acceptors (Lipinski definition) is 5. The Labute approximate surface area is 136 Å². The van der Waals surface area contributed by atoms with Crippen LogP contribution >= 0.6 is 11.3 Å². The number of esters is 1. The van der Waals surface area contributed by atoms with Crippen molar-refractivity contribution in [1.29, 1.82) is 0 Å². The van der Waals surface area contributed by atoms with E-state index in [-0.39, 0.29) is 5.56 Å². The Balaban J connectivity index is 1.83. The molecule has 124 valence electrons. The van der Waals surface area contributed by atoms with Crippen LogP contribution in [0.1, 0.15) is 63.9 Å². The van der Waals surface area contributed by atoms with E-state index in [0.717, 1.165) is 45.7 Å². The summed E-state index contributed by atoms with van der Waals surface area (Å²) < 4.78 is 32.7. The van der Waals surface area contributed by atoms with Gasteiger partial charge >= 0.3 is 5.97 Å². The van der Waals surface area contributed by atoms with Gasteiger partial charge in [-0.3, -0.25) is 4.68 Å². The third kappa shape index (κ3) is 2.99. The number of ether oxygens (including phenoxy) is 1. The quantitative estimate of drug-likeness (QED) is 0.797. The molecule has 2 heterocycles. The van der Waals surface area contributed by atoms with Gasteiger partial charge in [-0.25, -0.2) is 18.6 Å². The number of carbonyl (C=O) groups excluding carboxylic acids is 1. The van der Waals surface area contributed by atoms with Gasteiger partial charge < -0.3 is 4.74 Å². The first-order valence-corrected chi connectivity index (χ1v) is 8.32. The first-order valence-electron chi connectivity index (χ1n) is 7.50. The van der Waals surface area contributed by atoms with E-state index >= 15 is 0 Å². The highest BCUT2D eigenvalue weighted by Crippen LogP contribution is 2.37. The highest BCUT2D eigenvalue weighted by Gasteiger charge is 2.30. The first-order chi connectivity index (χ1) is 11.0. The number of thiazole rings is 1. The molecule has 1 atom stereocenters. The Morgan fingerprint density at radius 2 is 2.35 bits per heavy atom. The molecular weight excluding hydrogens is 324 g/mol. The molecule has 0 N–H and O–H groups in total. The van der Waals surface area contributed by atoms with Crippen molar-refractivity contribution in [2.45, 2.75) is 45.1 Å². The van der Waals surface area contributed by atoms with Gasteiger partial charge in [0.15, 0.2) is 0 Å². The van der Waals surface area contributed by atoms with Crippen LogP contribution in [0.4, 0.5) is 8.78 Å². The van der Waals surface area contributed by atoms with Crippen LogP contribution in [0.2, 0.25) is 0 Å². The topological polar surface area (TPSA) is 57.0 Å². The van der Waals surface area contributed by atoms with Crippen LogP contribution in [0, 0.1) is 0 Å². The molecular formula is C15H17F2N3O2S. The third-order valence-corrected chi connectivity index (χ3v) is 5.24. The standard InChI is InChI=1S/C15H17F2N3O2S/c1-3-11-19-9-5-4-6-10(13(9)23-11)22-15(21)8-7-18-20(2)12(8)14(16)17/h7,10,14H,3-6H2,1-2H3. The van der Waals surface area contributed by atoms with Gasteiger partial charge in [0.05, 0.1) is 21.8 Å². The largest absolute Gasteiger partial charge is 0.453 e. The third-order valence-electron chi connectivity index (χ3n) is 3.91. The fraction of sp³-hybridized carbons (Fsp3) is 0.533. The zero-order valence-corrected chi connectivity index (χ0v) is 13.7. The van der Waals surface area contributed by atoms with Crippen molar-refractivity contribution in [1.82, 2.24) is 14.8 Å². The molecule has 2 aromatic heterocycles. The number of alkyl halides is 2. The van der Waals surface area contributed by atoms with E-state index in [4.69, 9.17) is 4.74 Å². The number of nitrogens with zero attached hydrogens (tertiary/aromatic N) is 3. The van der Waals surface area contributed by atoms with E-state index in [1.807, 2.05) is 6.92 Å². The molecule has 2 aromatic rings. The second-order valence-corrected chi connectivity index (χ2v) is 6.54. The van der Waals surface area contributed by atoms with Crippen LogP contribution in [0.3, 0.4) is 0 Å². The Kier molecular flexibility index (Phi) is 4.43. The van der Waals surface area contributed by atoms with Crippen molar-refractivity contribution in [3.05, 3.63) is 33.0 Å². The molecule has 0 saturated carbocycles. The summed E-state index contributed by atoms with van der Waals surface area (Å²) in [4.78, 5) is 17.8. The van der Waals surface area contributed by atoms with Gasteiger partial charge in [0, 0.05) is 7.05 Å². The van der Waals surface area contributed by atoms with Crippen molar-refractivity contribution < 1.29 is 18.3 Å². The van der Waals surface area contributed by atoms with E-state index in [1.165, 1.54) is 18.4 Å². The van der Waals surface area contributed by atoms with Crippen molar-refractivity contribution in [3.8, 4) is 0 Å². The van der Waals surface area contributed by atoms with Gasteiger partial charge in [0.25, 0.3) is 6.43 Å². The van der Waals surface area contributed by atoms with Gasteiger partial charge in [-0.2, -0.15) is 5.10 Å². The molecule has 1 aliphatic carbocycles. The Hall–Kier alpha value is -1.83. The van der Waals surface area contributed by atoms with Crippen LogP contribution in [0.5, 0.6) is 0 Å². The summed E-state index contributed by atoms with van der Waals surface area (Å²) in [6.45, 7) is 2.02. The predicted octanol–water partition coefficient (Wildman–Crippen LogP) is 3.61. The minimum absolute atomic E-state index is 0.171. The van der Waals surface area contributed by atoms with Crippen LogP contribution in [0.15, 0.2) is 6.20 Å². The summed E-state index contributed by atoms with van der Waals surface area (Å²) in [6.07, 6.45) is 1.21. The summed E-state index contributed by atoms with van der Waals surface area (Å²) in [5.41, 5.74) is 0.385. The predicted molar refractivity (Wildman–Crippen MR) is 80.8 cm³/mol. The molecule has 0 aliphatic heterocycles. The fourth-order valence-electron chi connectivity index (χ4n) is 2.75. The molecule has 1 aliphatic rings. The van der Waals surface area contributed by atoms with Gasteiger partial charge in [-0.15, -0.1) is 11.3 Å². The monoisotopic (exact) mass is 341 g/mol. The molecule has 0 amide bonds. The van der Waals surface area contributed by atoms with Gasteiger partial charge in [-0.1, -0.05) is 6.92 Å². The highest BCUT2D eigenvalue weighted by atomic mass is 32.1. The molecule has 0 aromatic carbocycles. The second-order valence-electron chi connectivity index (χ2n) is 5.43. The van der Waals surface area contributed by atoms with E-state index in [2.05, 4.69) is 10.1 Å². The summed E-state index contributed by atoms with van der Waals surface area (Å²) in [5.74, 6) is -0.752. The van der Waals surface area contributed by atoms with Crippen molar-refractivity contribution >= 4 is 17.3 Å². The van der Waals surface area contributed by atoms with Crippen LogP contribution < -0.4 is 0 Å². The normalized spacial score (nSPS) is 17.3. The lowest BCUT2D eigenvalue weighted by molar-refractivity contribution is 0.0255. The SMILES string of the molecule is CCc1nc2c(s1)C(OC(=O)c1cnn(C)c1C(F)F)CCC2. The van der Waals surface area contributed by atoms with Gasteiger partial charge in [0.2, 0.25) is 0 Å². The van der Waals surface area contributed by atoms with E-state index < -0.39 is 24.2 Å². The number of hydrogen-bond donors (Lipinski definition) is 0. The maximum absolute atomic E-state index is 13.1. The number of rotatable bonds is 4. The molecule has 1 unspecified atom stereocenters. The maximum Gasteiger partial charge on any atom is 0.342 e. The van der Waals surface area contributed by atoms with Crippen molar-refractivity contribution in [2.24, 2.45) is 7.05 Å². The molecule has 0 radical (unpaired) electrons. The lowest BCUT2D eigenvalue weighted by Crippen LogP contribution is -2.17. The Bertz CT molecular complexity index is 726.